The summed E-state index contributed by atoms with van der Waals surface area (Å²) in [6, 6.07) is 0. The SMILES string of the molecule is CC(C)[C@@H](O)[C@H]1CCCOC1. The Bertz CT molecular complexity index is 106. The van der Waals surface area contributed by atoms with Crippen LogP contribution in [0.3, 0.4) is 0 Å². The number of aliphatic hydroxyl groups is 1. The van der Waals surface area contributed by atoms with Gasteiger partial charge in [-0.25, -0.2) is 0 Å². The number of hydrogen-bond acceptors (Lipinski definition) is 2. The number of rotatable bonds is 2. The standard InChI is InChI=1S/C9H18O2/c1-7(2)9(10)8-4-3-5-11-6-8/h7-10H,3-6H2,1-2H3/t8-,9+/m0/s1. The lowest BCUT2D eigenvalue weighted by atomic mass is 9.89. The monoisotopic (exact) mass is 158 g/mol. The average Bonchev–Trinajstić information content (AvgIpc) is 2.05. The molecule has 0 aromatic carbocycles. The van der Waals surface area contributed by atoms with Crippen LogP contribution in [0.1, 0.15) is 26.7 Å². The summed E-state index contributed by atoms with van der Waals surface area (Å²) in [5.74, 6) is 0.741. The van der Waals surface area contributed by atoms with Crippen molar-refractivity contribution < 1.29 is 9.84 Å². The molecular weight excluding hydrogens is 140 g/mol. The third-order valence-corrected chi connectivity index (χ3v) is 2.36. The Kier molecular flexibility index (Phi) is 3.34. The van der Waals surface area contributed by atoms with Gasteiger partial charge < -0.3 is 9.84 Å². The molecule has 2 heteroatoms. The lowest BCUT2D eigenvalue weighted by molar-refractivity contribution is -0.0265. The molecule has 0 aromatic heterocycles. The molecule has 0 aliphatic carbocycles. The topological polar surface area (TPSA) is 29.5 Å². The molecule has 2 atom stereocenters. The van der Waals surface area contributed by atoms with Crippen LogP contribution < -0.4 is 0 Å². The van der Waals surface area contributed by atoms with Crippen LogP contribution in [0.25, 0.3) is 0 Å². The molecule has 11 heavy (non-hydrogen) atoms. The van der Waals surface area contributed by atoms with Gasteiger partial charge in [-0.05, 0) is 18.8 Å². The fraction of sp³-hybridized carbons (Fsp3) is 1.00. The first-order valence-corrected chi connectivity index (χ1v) is 4.47. The first kappa shape index (κ1) is 9.01. The Balaban J connectivity index is 2.32. The summed E-state index contributed by atoms with van der Waals surface area (Å²) in [5, 5.41) is 9.67. The van der Waals surface area contributed by atoms with Crippen LogP contribution in [0.4, 0.5) is 0 Å². The van der Waals surface area contributed by atoms with E-state index in [9.17, 15) is 5.11 Å². The second-order valence-electron chi connectivity index (χ2n) is 3.71. The van der Waals surface area contributed by atoms with Gasteiger partial charge in [-0.3, -0.25) is 0 Å². The maximum atomic E-state index is 9.67. The van der Waals surface area contributed by atoms with Crippen molar-refractivity contribution in [2.45, 2.75) is 32.8 Å². The highest BCUT2D eigenvalue weighted by Gasteiger charge is 2.24. The van der Waals surface area contributed by atoms with Crippen molar-refractivity contribution in [2.24, 2.45) is 11.8 Å². The van der Waals surface area contributed by atoms with Crippen LogP contribution in [0, 0.1) is 11.8 Å². The largest absolute Gasteiger partial charge is 0.392 e. The van der Waals surface area contributed by atoms with Crippen LogP contribution in [-0.4, -0.2) is 24.4 Å². The summed E-state index contributed by atoms with van der Waals surface area (Å²) in [5.41, 5.74) is 0. The van der Waals surface area contributed by atoms with Crippen molar-refractivity contribution >= 4 is 0 Å². The molecule has 0 unspecified atom stereocenters. The van der Waals surface area contributed by atoms with Gasteiger partial charge in [0.2, 0.25) is 0 Å². The Hall–Kier alpha value is -0.0800. The van der Waals surface area contributed by atoms with Crippen LogP contribution in [0.2, 0.25) is 0 Å². The Morgan fingerprint density at radius 1 is 1.45 bits per heavy atom. The second kappa shape index (κ2) is 4.07. The van der Waals surface area contributed by atoms with Crippen LogP contribution in [0.5, 0.6) is 0 Å². The molecule has 2 nitrogen and oxygen atoms in total. The first-order valence-electron chi connectivity index (χ1n) is 4.47. The van der Waals surface area contributed by atoms with E-state index >= 15 is 0 Å². The van der Waals surface area contributed by atoms with Gasteiger partial charge in [0, 0.05) is 12.5 Å². The molecule has 1 saturated heterocycles. The predicted molar refractivity (Wildman–Crippen MR) is 44.4 cm³/mol. The van der Waals surface area contributed by atoms with E-state index in [0.717, 1.165) is 26.1 Å². The van der Waals surface area contributed by atoms with Crippen LogP contribution in [0.15, 0.2) is 0 Å². The molecule has 1 fully saturated rings. The maximum Gasteiger partial charge on any atom is 0.0613 e. The van der Waals surface area contributed by atoms with Gasteiger partial charge in [0.15, 0.2) is 0 Å². The van der Waals surface area contributed by atoms with Crippen molar-refractivity contribution in [3.8, 4) is 0 Å². The fourth-order valence-electron chi connectivity index (χ4n) is 1.58. The Morgan fingerprint density at radius 3 is 2.64 bits per heavy atom. The number of ether oxygens (including phenoxy) is 1. The summed E-state index contributed by atoms with van der Waals surface area (Å²) in [4.78, 5) is 0. The smallest absolute Gasteiger partial charge is 0.0613 e. The van der Waals surface area contributed by atoms with Crippen molar-refractivity contribution in [1.82, 2.24) is 0 Å². The molecule has 0 bridgehead atoms. The summed E-state index contributed by atoms with van der Waals surface area (Å²) >= 11 is 0. The van der Waals surface area contributed by atoms with E-state index in [1.807, 2.05) is 0 Å². The number of hydrogen-bond donors (Lipinski definition) is 1. The Morgan fingerprint density at radius 2 is 2.18 bits per heavy atom. The molecule has 0 saturated carbocycles. The van der Waals surface area contributed by atoms with Gasteiger partial charge >= 0.3 is 0 Å². The minimum Gasteiger partial charge on any atom is -0.392 e. The molecule has 1 aliphatic heterocycles. The molecule has 1 N–H and O–H groups in total. The van der Waals surface area contributed by atoms with E-state index in [-0.39, 0.29) is 6.10 Å². The summed E-state index contributed by atoms with van der Waals surface area (Å²) in [6.45, 7) is 5.74. The van der Waals surface area contributed by atoms with Crippen molar-refractivity contribution in [3.63, 3.8) is 0 Å². The van der Waals surface area contributed by atoms with Crippen LogP contribution >= 0.6 is 0 Å². The zero-order valence-electron chi connectivity index (χ0n) is 7.42. The molecule has 0 amide bonds. The summed E-state index contributed by atoms with van der Waals surface area (Å²) < 4.78 is 5.29. The predicted octanol–water partition coefficient (Wildman–Crippen LogP) is 1.43. The van der Waals surface area contributed by atoms with E-state index in [0.29, 0.717) is 11.8 Å². The van der Waals surface area contributed by atoms with Crippen molar-refractivity contribution in [1.29, 1.82) is 0 Å². The summed E-state index contributed by atoms with van der Waals surface area (Å²) in [7, 11) is 0. The molecular formula is C9H18O2. The summed E-state index contributed by atoms with van der Waals surface area (Å²) in [6.07, 6.45) is 2.06. The molecule has 0 aromatic rings. The van der Waals surface area contributed by atoms with E-state index in [4.69, 9.17) is 4.74 Å². The minimum absolute atomic E-state index is 0.171. The van der Waals surface area contributed by atoms with Gasteiger partial charge in [-0.2, -0.15) is 0 Å². The third kappa shape index (κ3) is 2.46. The first-order chi connectivity index (χ1) is 5.22. The minimum atomic E-state index is -0.171. The molecule has 0 radical (unpaired) electrons. The average molecular weight is 158 g/mol. The lowest BCUT2D eigenvalue weighted by Gasteiger charge is -2.28. The normalized spacial score (nSPS) is 28.9. The van der Waals surface area contributed by atoms with E-state index in [1.165, 1.54) is 0 Å². The highest BCUT2D eigenvalue weighted by atomic mass is 16.5. The van der Waals surface area contributed by atoms with Crippen molar-refractivity contribution in [2.75, 3.05) is 13.2 Å². The van der Waals surface area contributed by atoms with Crippen molar-refractivity contribution in [3.05, 3.63) is 0 Å². The molecule has 66 valence electrons. The molecule has 0 spiro atoms. The van der Waals surface area contributed by atoms with Gasteiger partial charge in [0.05, 0.1) is 12.7 Å². The maximum absolute atomic E-state index is 9.67. The quantitative estimate of drug-likeness (QED) is 0.658. The van der Waals surface area contributed by atoms with Gasteiger partial charge in [-0.1, -0.05) is 13.8 Å². The van der Waals surface area contributed by atoms with Gasteiger partial charge in [0.1, 0.15) is 0 Å². The third-order valence-electron chi connectivity index (χ3n) is 2.36. The molecule has 1 rings (SSSR count). The zero-order chi connectivity index (χ0) is 8.27. The zero-order valence-corrected chi connectivity index (χ0v) is 7.42. The van der Waals surface area contributed by atoms with Gasteiger partial charge in [0.25, 0.3) is 0 Å². The Labute approximate surface area is 68.6 Å². The highest BCUT2D eigenvalue weighted by Crippen LogP contribution is 2.21. The van der Waals surface area contributed by atoms with Crippen LogP contribution in [-0.2, 0) is 4.74 Å². The van der Waals surface area contributed by atoms with E-state index in [2.05, 4.69) is 13.8 Å². The number of aliphatic hydroxyl groups excluding tert-OH is 1. The van der Waals surface area contributed by atoms with E-state index in [1.54, 1.807) is 0 Å². The molecule has 1 heterocycles. The fourth-order valence-corrected chi connectivity index (χ4v) is 1.58. The highest BCUT2D eigenvalue weighted by molar-refractivity contribution is 4.73. The lowest BCUT2D eigenvalue weighted by Crippen LogP contribution is -2.32. The molecule has 1 aliphatic rings. The second-order valence-corrected chi connectivity index (χ2v) is 3.71. The van der Waals surface area contributed by atoms with Gasteiger partial charge in [-0.15, -0.1) is 0 Å². The van der Waals surface area contributed by atoms with E-state index < -0.39 is 0 Å².